The molecule has 0 aromatic heterocycles. The van der Waals surface area contributed by atoms with Crippen molar-refractivity contribution >= 4 is 31.6 Å². The average molecular weight is 531 g/mol. The number of benzene rings is 2. The molecule has 0 heterocycles. The van der Waals surface area contributed by atoms with E-state index in [4.69, 9.17) is 9.47 Å². The van der Waals surface area contributed by atoms with E-state index in [9.17, 15) is 26.4 Å². The third-order valence-corrected chi connectivity index (χ3v) is 11.8. The molecule has 190 valence electrons. The number of esters is 2. The zero-order valence-corrected chi connectivity index (χ0v) is 21.0. The normalized spacial score (nSPS) is 26.9. The maximum absolute atomic E-state index is 13.2. The molecular formula is C26H26O8S2. The zero-order chi connectivity index (χ0) is 26.2. The summed E-state index contributed by atoms with van der Waals surface area (Å²) < 4.78 is 59.7. The Morgan fingerprint density at radius 3 is 1.33 bits per heavy atom. The molecule has 2 aromatic carbocycles. The van der Waals surface area contributed by atoms with Gasteiger partial charge >= 0.3 is 11.9 Å². The molecule has 0 bridgehead atoms. The first kappa shape index (κ1) is 25.8. The molecule has 2 aliphatic carbocycles. The monoisotopic (exact) mass is 530 g/mol. The van der Waals surface area contributed by atoms with Gasteiger partial charge in [-0.15, -0.1) is 13.2 Å². The van der Waals surface area contributed by atoms with Crippen molar-refractivity contribution in [3.63, 3.8) is 0 Å². The summed E-state index contributed by atoms with van der Waals surface area (Å²) in [6.07, 6.45) is 2.88. The summed E-state index contributed by atoms with van der Waals surface area (Å²) in [5.41, 5.74) is 0. The van der Waals surface area contributed by atoms with Crippen molar-refractivity contribution in [3.8, 4) is 0 Å². The molecular weight excluding hydrogens is 504 g/mol. The summed E-state index contributed by atoms with van der Waals surface area (Å²) >= 11 is 0. The molecule has 0 saturated heterocycles. The van der Waals surface area contributed by atoms with Crippen LogP contribution in [0.1, 0.15) is 12.8 Å². The molecule has 0 amide bonds. The van der Waals surface area contributed by atoms with E-state index in [1.807, 2.05) is 0 Å². The van der Waals surface area contributed by atoms with Crippen molar-refractivity contribution in [1.82, 2.24) is 0 Å². The minimum Gasteiger partial charge on any atom is -0.461 e. The molecule has 0 N–H and O–H groups in total. The van der Waals surface area contributed by atoms with Crippen molar-refractivity contribution in [2.45, 2.75) is 32.1 Å². The van der Waals surface area contributed by atoms with Crippen LogP contribution in [0.15, 0.2) is 95.8 Å². The Hall–Kier alpha value is -3.24. The molecule has 0 spiro atoms. The number of carbonyl (C=O) groups is 2. The highest BCUT2D eigenvalue weighted by atomic mass is 32.2. The lowest BCUT2D eigenvalue weighted by Gasteiger charge is -2.18. The fourth-order valence-corrected chi connectivity index (χ4v) is 8.74. The van der Waals surface area contributed by atoms with Gasteiger partial charge in [-0.1, -0.05) is 48.6 Å². The third-order valence-electron chi connectivity index (χ3n) is 6.80. The summed E-state index contributed by atoms with van der Waals surface area (Å²) in [5, 5.41) is 0. The summed E-state index contributed by atoms with van der Waals surface area (Å²) in [4.78, 5) is 25.8. The van der Waals surface area contributed by atoms with E-state index in [1.165, 1.54) is 36.4 Å². The minimum atomic E-state index is -4.06. The van der Waals surface area contributed by atoms with Gasteiger partial charge in [0.15, 0.2) is 29.2 Å². The number of hydrogen-bond acceptors (Lipinski definition) is 8. The van der Waals surface area contributed by atoms with Crippen molar-refractivity contribution in [1.29, 1.82) is 0 Å². The van der Waals surface area contributed by atoms with Gasteiger partial charge in [0.2, 0.25) is 0 Å². The van der Waals surface area contributed by atoms with E-state index in [0.29, 0.717) is 0 Å². The van der Waals surface area contributed by atoms with Gasteiger partial charge in [-0.3, -0.25) is 9.59 Å². The van der Waals surface area contributed by atoms with Crippen LogP contribution in [0.3, 0.4) is 0 Å². The Kier molecular flexibility index (Phi) is 6.70. The fourth-order valence-electron chi connectivity index (χ4n) is 4.52. The van der Waals surface area contributed by atoms with Crippen molar-refractivity contribution in [2.24, 2.45) is 11.8 Å². The first-order chi connectivity index (χ1) is 17.1. The topological polar surface area (TPSA) is 121 Å². The van der Waals surface area contributed by atoms with E-state index in [2.05, 4.69) is 13.2 Å². The highest BCUT2D eigenvalue weighted by molar-refractivity contribution is 7.94. The van der Waals surface area contributed by atoms with E-state index >= 15 is 0 Å². The van der Waals surface area contributed by atoms with Gasteiger partial charge in [0.1, 0.15) is 13.2 Å². The van der Waals surface area contributed by atoms with Gasteiger partial charge in [-0.2, -0.15) is 0 Å². The van der Waals surface area contributed by atoms with Crippen LogP contribution >= 0.6 is 0 Å². The molecule has 8 nitrogen and oxygen atoms in total. The lowest BCUT2D eigenvalue weighted by atomic mass is 10.3. The molecule has 4 atom stereocenters. The fraction of sp³-hybridized carbons (Fsp3) is 0.308. The van der Waals surface area contributed by atoms with Gasteiger partial charge in [0, 0.05) is 11.8 Å². The maximum Gasteiger partial charge on any atom is 0.328 e. The van der Waals surface area contributed by atoms with Crippen LogP contribution < -0.4 is 0 Å². The molecule has 0 radical (unpaired) electrons. The standard InChI is InChI=1S/C26H26O8S2/c1-3-19-17-25(19,35(29,30)21-11-7-5-8-12-21)23(27)33-15-16-34-24(28)26(18-20(26)4-2)36(31,32)22-13-9-6-10-14-22/h3-14,19-20H,1-2,15-18H2. The lowest BCUT2D eigenvalue weighted by molar-refractivity contribution is -0.152. The van der Waals surface area contributed by atoms with Gasteiger partial charge in [-0.25, -0.2) is 16.8 Å². The Bertz CT molecular complexity index is 1290. The predicted molar refractivity (Wildman–Crippen MR) is 131 cm³/mol. The van der Waals surface area contributed by atoms with E-state index in [0.717, 1.165) is 0 Å². The summed E-state index contributed by atoms with van der Waals surface area (Å²) in [5.74, 6) is -3.16. The number of sulfone groups is 2. The second kappa shape index (κ2) is 9.33. The molecule has 2 saturated carbocycles. The van der Waals surface area contributed by atoms with Crippen LogP contribution in [0.5, 0.6) is 0 Å². The molecule has 4 rings (SSSR count). The largest absolute Gasteiger partial charge is 0.461 e. The second-order valence-electron chi connectivity index (χ2n) is 8.78. The maximum atomic E-state index is 13.2. The number of hydrogen-bond donors (Lipinski definition) is 0. The van der Waals surface area contributed by atoms with Crippen molar-refractivity contribution < 1.29 is 35.9 Å². The van der Waals surface area contributed by atoms with E-state index < -0.39 is 66.2 Å². The van der Waals surface area contributed by atoms with Crippen LogP contribution in [-0.4, -0.2) is 51.5 Å². The second-order valence-corrected chi connectivity index (χ2v) is 13.2. The van der Waals surface area contributed by atoms with Crippen LogP contribution in [-0.2, 0) is 38.7 Å². The highest BCUT2D eigenvalue weighted by Gasteiger charge is 2.70. The molecule has 2 aliphatic rings. The Morgan fingerprint density at radius 2 is 1.06 bits per heavy atom. The first-order valence-electron chi connectivity index (χ1n) is 11.3. The molecule has 36 heavy (non-hydrogen) atoms. The Labute approximate surface area is 210 Å². The minimum absolute atomic E-state index is 0.00464. The number of ether oxygens (including phenoxy) is 2. The van der Waals surface area contributed by atoms with Crippen molar-refractivity contribution in [2.75, 3.05) is 13.2 Å². The Morgan fingerprint density at radius 1 is 0.722 bits per heavy atom. The summed E-state index contributed by atoms with van der Waals surface area (Å²) in [7, 11) is -8.12. The lowest BCUT2D eigenvalue weighted by Crippen LogP contribution is -2.38. The third kappa shape index (κ3) is 3.88. The quantitative estimate of drug-likeness (QED) is 0.247. The van der Waals surface area contributed by atoms with Crippen LogP contribution in [0.4, 0.5) is 0 Å². The predicted octanol–water partition coefficient (Wildman–Crippen LogP) is 2.91. The van der Waals surface area contributed by atoms with Crippen LogP contribution in [0, 0.1) is 11.8 Å². The van der Waals surface area contributed by atoms with Crippen LogP contribution in [0.25, 0.3) is 0 Å². The van der Waals surface area contributed by atoms with Gasteiger partial charge in [0.25, 0.3) is 0 Å². The van der Waals surface area contributed by atoms with Gasteiger partial charge in [0.05, 0.1) is 9.79 Å². The Balaban J connectivity index is 1.43. The summed E-state index contributed by atoms with van der Waals surface area (Å²) in [6.45, 7) is 6.38. The van der Waals surface area contributed by atoms with E-state index in [-0.39, 0.29) is 22.6 Å². The molecule has 10 heteroatoms. The molecule has 2 fully saturated rings. The first-order valence-corrected chi connectivity index (χ1v) is 14.2. The zero-order valence-electron chi connectivity index (χ0n) is 19.4. The number of allylic oxidation sites excluding steroid dienone is 2. The molecule has 0 aliphatic heterocycles. The number of rotatable bonds is 11. The number of carbonyl (C=O) groups excluding carboxylic acids is 2. The molecule has 2 aromatic rings. The van der Waals surface area contributed by atoms with Crippen LogP contribution in [0.2, 0.25) is 0 Å². The average Bonchev–Trinajstić information content (AvgIpc) is 3.80. The van der Waals surface area contributed by atoms with E-state index in [1.54, 1.807) is 36.4 Å². The smallest absolute Gasteiger partial charge is 0.328 e. The van der Waals surface area contributed by atoms with Crippen molar-refractivity contribution in [3.05, 3.63) is 86.0 Å². The molecule has 4 unspecified atom stereocenters. The highest BCUT2D eigenvalue weighted by Crippen LogP contribution is 2.55. The van der Waals surface area contributed by atoms with Gasteiger partial charge < -0.3 is 9.47 Å². The SMILES string of the molecule is C=CC1CC1(C(=O)OCCOC(=O)C1(S(=O)(=O)c2ccccc2)CC1C=C)S(=O)(=O)c1ccccc1. The summed E-state index contributed by atoms with van der Waals surface area (Å²) in [6, 6.07) is 15.2. The van der Waals surface area contributed by atoms with Gasteiger partial charge in [-0.05, 0) is 37.1 Å².